The largest absolute Gasteiger partial charge is 0.393 e. The second-order valence-corrected chi connectivity index (χ2v) is 5.26. The smallest absolute Gasteiger partial charge is 0.220 e. The zero-order valence-corrected chi connectivity index (χ0v) is 12.7. The van der Waals surface area contributed by atoms with E-state index in [1.807, 2.05) is 21.0 Å². The highest BCUT2D eigenvalue weighted by Crippen LogP contribution is 2.13. The topological polar surface area (TPSA) is 52.6 Å². The van der Waals surface area contributed by atoms with E-state index in [1.54, 1.807) is 0 Å². The first-order valence-corrected chi connectivity index (χ1v) is 7.24. The Hall–Kier alpha value is -1.55. The molecule has 0 aliphatic heterocycles. The number of rotatable bonds is 8. The molecule has 2 N–H and O–H groups in total. The van der Waals surface area contributed by atoms with Crippen LogP contribution >= 0.6 is 0 Å². The van der Waals surface area contributed by atoms with Crippen LogP contribution in [0.2, 0.25) is 0 Å². The van der Waals surface area contributed by atoms with Gasteiger partial charge in [0.05, 0.1) is 6.10 Å². The van der Waals surface area contributed by atoms with Gasteiger partial charge in [-0.1, -0.05) is 19.1 Å². The summed E-state index contributed by atoms with van der Waals surface area (Å²) in [6.07, 6.45) is 2.28. The maximum atomic E-state index is 11.7. The minimum absolute atomic E-state index is 0.0463. The van der Waals surface area contributed by atoms with E-state index < -0.39 is 0 Å². The molecule has 4 nitrogen and oxygen atoms in total. The summed E-state index contributed by atoms with van der Waals surface area (Å²) in [6.45, 7) is 2.48. The zero-order valence-electron chi connectivity index (χ0n) is 12.7. The van der Waals surface area contributed by atoms with Gasteiger partial charge in [0.15, 0.2) is 0 Å². The van der Waals surface area contributed by atoms with E-state index in [-0.39, 0.29) is 12.0 Å². The lowest BCUT2D eigenvalue weighted by Gasteiger charge is -2.12. The summed E-state index contributed by atoms with van der Waals surface area (Å²) in [4.78, 5) is 13.7. The van der Waals surface area contributed by atoms with Crippen molar-refractivity contribution in [3.05, 3.63) is 29.8 Å². The molecule has 0 aliphatic rings. The maximum Gasteiger partial charge on any atom is 0.220 e. The predicted octanol–water partition coefficient (Wildman–Crippen LogP) is 1.96. The predicted molar refractivity (Wildman–Crippen MR) is 83.0 cm³/mol. The van der Waals surface area contributed by atoms with Crippen molar-refractivity contribution >= 4 is 11.6 Å². The van der Waals surface area contributed by atoms with Gasteiger partial charge >= 0.3 is 0 Å². The van der Waals surface area contributed by atoms with Crippen LogP contribution in [-0.4, -0.2) is 37.8 Å². The second kappa shape index (κ2) is 8.59. The molecule has 0 heterocycles. The third-order valence-corrected chi connectivity index (χ3v) is 3.36. The zero-order chi connectivity index (χ0) is 15.0. The Balaban J connectivity index is 2.27. The van der Waals surface area contributed by atoms with Crippen LogP contribution in [0.3, 0.4) is 0 Å². The fraction of sp³-hybridized carbons (Fsp3) is 0.562. The van der Waals surface area contributed by atoms with Crippen LogP contribution in [0.15, 0.2) is 24.3 Å². The molecule has 0 saturated carbocycles. The average molecular weight is 278 g/mol. The van der Waals surface area contributed by atoms with Crippen LogP contribution < -0.4 is 10.2 Å². The van der Waals surface area contributed by atoms with E-state index in [2.05, 4.69) is 34.5 Å². The second-order valence-electron chi connectivity index (χ2n) is 5.26. The standard InChI is InChI=1S/C16H26N2O2/c1-4-15(19)11-12-17-16(20)10-7-13-5-8-14(9-6-13)18(2)3/h5-6,8-9,15,19H,4,7,10-12H2,1-3H3,(H,17,20). The number of aliphatic hydroxyl groups is 1. The Bertz CT molecular complexity index is 401. The van der Waals surface area contributed by atoms with Crippen LogP contribution in [0, 0.1) is 0 Å². The van der Waals surface area contributed by atoms with Crippen molar-refractivity contribution in [3.8, 4) is 0 Å². The van der Waals surface area contributed by atoms with E-state index in [9.17, 15) is 9.90 Å². The number of benzene rings is 1. The fourth-order valence-electron chi connectivity index (χ4n) is 1.89. The highest BCUT2D eigenvalue weighted by atomic mass is 16.3. The van der Waals surface area contributed by atoms with Crippen molar-refractivity contribution in [2.75, 3.05) is 25.5 Å². The monoisotopic (exact) mass is 278 g/mol. The minimum Gasteiger partial charge on any atom is -0.393 e. The molecule has 112 valence electrons. The number of carbonyl (C=O) groups is 1. The maximum absolute atomic E-state index is 11.7. The van der Waals surface area contributed by atoms with Gasteiger partial charge in [0.25, 0.3) is 0 Å². The van der Waals surface area contributed by atoms with Crippen LogP contribution in [0.4, 0.5) is 5.69 Å². The molecule has 0 aromatic heterocycles. The molecule has 0 bridgehead atoms. The molecule has 1 amide bonds. The third-order valence-electron chi connectivity index (χ3n) is 3.36. The lowest BCUT2D eigenvalue weighted by atomic mass is 10.1. The first-order valence-electron chi connectivity index (χ1n) is 7.24. The summed E-state index contributed by atoms with van der Waals surface area (Å²) in [5, 5.41) is 12.2. The number of amides is 1. The van der Waals surface area contributed by atoms with E-state index in [1.165, 1.54) is 5.56 Å². The molecular formula is C16H26N2O2. The van der Waals surface area contributed by atoms with Crippen molar-refractivity contribution in [2.45, 2.75) is 38.7 Å². The van der Waals surface area contributed by atoms with Crippen LogP contribution in [-0.2, 0) is 11.2 Å². The van der Waals surface area contributed by atoms with Crippen molar-refractivity contribution in [2.24, 2.45) is 0 Å². The number of nitrogens with one attached hydrogen (secondary N) is 1. The Labute approximate surface area is 121 Å². The Morgan fingerprint density at radius 3 is 2.50 bits per heavy atom. The molecule has 0 fully saturated rings. The van der Waals surface area contributed by atoms with Crippen molar-refractivity contribution in [3.63, 3.8) is 0 Å². The summed E-state index contributed by atoms with van der Waals surface area (Å²) >= 11 is 0. The number of carbonyl (C=O) groups excluding carboxylic acids is 1. The molecule has 0 radical (unpaired) electrons. The summed E-state index contributed by atoms with van der Waals surface area (Å²) in [5.41, 5.74) is 2.33. The number of aryl methyl sites for hydroxylation is 1. The molecule has 1 atom stereocenters. The molecule has 1 aromatic rings. The first-order chi connectivity index (χ1) is 9.52. The van der Waals surface area contributed by atoms with E-state index in [0.717, 1.165) is 18.5 Å². The molecule has 4 heteroatoms. The SMILES string of the molecule is CCC(O)CCNC(=O)CCc1ccc(N(C)C)cc1. The van der Waals surface area contributed by atoms with Gasteiger partial charge in [0, 0.05) is 32.7 Å². The highest BCUT2D eigenvalue weighted by molar-refractivity contribution is 5.76. The first kappa shape index (κ1) is 16.5. The molecular weight excluding hydrogens is 252 g/mol. The molecule has 0 aliphatic carbocycles. The molecule has 0 saturated heterocycles. The molecule has 0 spiro atoms. The van der Waals surface area contributed by atoms with Crippen molar-refractivity contribution < 1.29 is 9.90 Å². The normalized spacial score (nSPS) is 12.0. The van der Waals surface area contributed by atoms with Gasteiger partial charge in [0.2, 0.25) is 5.91 Å². The molecule has 20 heavy (non-hydrogen) atoms. The van der Waals surface area contributed by atoms with Gasteiger partial charge in [0.1, 0.15) is 0 Å². The number of nitrogens with zero attached hydrogens (tertiary/aromatic N) is 1. The summed E-state index contributed by atoms with van der Waals surface area (Å²) in [7, 11) is 4.01. The number of aliphatic hydroxyl groups excluding tert-OH is 1. The van der Waals surface area contributed by atoms with Gasteiger partial charge in [-0.05, 0) is 37.0 Å². The minimum atomic E-state index is -0.311. The summed E-state index contributed by atoms with van der Waals surface area (Å²) in [5.74, 6) is 0.0463. The van der Waals surface area contributed by atoms with Gasteiger partial charge in [-0.2, -0.15) is 0 Å². The van der Waals surface area contributed by atoms with E-state index in [4.69, 9.17) is 0 Å². The van der Waals surface area contributed by atoms with E-state index in [0.29, 0.717) is 19.4 Å². The lowest BCUT2D eigenvalue weighted by molar-refractivity contribution is -0.121. The van der Waals surface area contributed by atoms with Crippen molar-refractivity contribution in [1.82, 2.24) is 5.32 Å². The van der Waals surface area contributed by atoms with Crippen LogP contribution in [0.25, 0.3) is 0 Å². The van der Waals surface area contributed by atoms with Crippen molar-refractivity contribution in [1.29, 1.82) is 0 Å². The Morgan fingerprint density at radius 1 is 1.30 bits per heavy atom. The van der Waals surface area contributed by atoms with Gasteiger partial charge in [-0.25, -0.2) is 0 Å². The average Bonchev–Trinajstić information content (AvgIpc) is 2.45. The number of anilines is 1. The van der Waals surface area contributed by atoms with Gasteiger partial charge in [-0.3, -0.25) is 4.79 Å². The van der Waals surface area contributed by atoms with E-state index >= 15 is 0 Å². The molecule has 1 rings (SSSR count). The highest BCUT2D eigenvalue weighted by Gasteiger charge is 2.04. The molecule has 1 aromatic carbocycles. The lowest BCUT2D eigenvalue weighted by Crippen LogP contribution is -2.27. The van der Waals surface area contributed by atoms with Gasteiger partial charge < -0.3 is 15.3 Å². The number of hydrogen-bond donors (Lipinski definition) is 2. The summed E-state index contributed by atoms with van der Waals surface area (Å²) in [6, 6.07) is 8.24. The van der Waals surface area contributed by atoms with Gasteiger partial charge in [-0.15, -0.1) is 0 Å². The fourth-order valence-corrected chi connectivity index (χ4v) is 1.89. The molecule has 1 unspecified atom stereocenters. The van der Waals surface area contributed by atoms with Crippen LogP contribution in [0.5, 0.6) is 0 Å². The Morgan fingerprint density at radius 2 is 1.95 bits per heavy atom. The summed E-state index contributed by atoms with van der Waals surface area (Å²) < 4.78 is 0. The quantitative estimate of drug-likeness (QED) is 0.764. The number of hydrogen-bond acceptors (Lipinski definition) is 3. The third kappa shape index (κ3) is 6.06. The van der Waals surface area contributed by atoms with Crippen LogP contribution in [0.1, 0.15) is 31.7 Å². The Kier molecular flexibility index (Phi) is 7.09.